The van der Waals surface area contributed by atoms with Gasteiger partial charge in [-0.1, -0.05) is 78.9 Å². The number of carbonyl (C=O) groups excluding carboxylic acids is 2. The molecule has 1 saturated heterocycles. The van der Waals surface area contributed by atoms with E-state index in [0.717, 1.165) is 16.0 Å². The predicted octanol–water partition coefficient (Wildman–Crippen LogP) is 4.27. The molecule has 140 valence electrons. The number of thioether (sulfide) groups is 1. The number of nitrogens with one attached hydrogen (secondary N) is 1. The van der Waals surface area contributed by atoms with Gasteiger partial charge in [-0.05, 0) is 23.3 Å². The molecule has 3 aromatic rings. The molecule has 0 spiro atoms. The third kappa shape index (κ3) is 3.29. The summed E-state index contributed by atoms with van der Waals surface area (Å²) in [6, 6.07) is 28.5. The molecule has 1 aliphatic heterocycles. The van der Waals surface area contributed by atoms with E-state index < -0.39 is 5.54 Å². The number of hydrogen-bond donors (Lipinski definition) is 1. The molecule has 3 aromatic carbocycles. The third-order valence-corrected chi connectivity index (χ3v) is 5.84. The SMILES string of the molecule is O=C1NC(c2ccccc2)(c2ccccc2)C(=O)N1CCSc1ccccc1. The van der Waals surface area contributed by atoms with E-state index in [1.54, 1.807) is 11.8 Å². The van der Waals surface area contributed by atoms with E-state index in [-0.39, 0.29) is 11.9 Å². The molecular formula is C23H20N2O2S. The summed E-state index contributed by atoms with van der Waals surface area (Å²) in [6.07, 6.45) is 0. The maximum absolute atomic E-state index is 13.5. The topological polar surface area (TPSA) is 49.4 Å². The van der Waals surface area contributed by atoms with Gasteiger partial charge in [-0.3, -0.25) is 9.69 Å². The maximum Gasteiger partial charge on any atom is 0.325 e. The molecule has 0 aromatic heterocycles. The summed E-state index contributed by atoms with van der Waals surface area (Å²) < 4.78 is 0. The van der Waals surface area contributed by atoms with Gasteiger partial charge in [0.2, 0.25) is 0 Å². The highest BCUT2D eigenvalue weighted by atomic mass is 32.2. The molecular weight excluding hydrogens is 368 g/mol. The second-order valence-electron chi connectivity index (χ2n) is 6.53. The van der Waals surface area contributed by atoms with Gasteiger partial charge in [0.05, 0.1) is 0 Å². The van der Waals surface area contributed by atoms with E-state index in [9.17, 15) is 9.59 Å². The quantitative estimate of drug-likeness (QED) is 0.507. The number of carbonyl (C=O) groups is 2. The Kier molecular flexibility index (Phi) is 5.17. The van der Waals surface area contributed by atoms with Gasteiger partial charge in [0.1, 0.15) is 0 Å². The van der Waals surface area contributed by atoms with Crippen LogP contribution in [0, 0.1) is 0 Å². The van der Waals surface area contributed by atoms with Gasteiger partial charge in [0.15, 0.2) is 5.54 Å². The predicted molar refractivity (Wildman–Crippen MR) is 111 cm³/mol. The second kappa shape index (κ2) is 7.90. The van der Waals surface area contributed by atoms with Gasteiger partial charge in [0.25, 0.3) is 5.91 Å². The van der Waals surface area contributed by atoms with Crippen molar-refractivity contribution in [3.8, 4) is 0 Å². The van der Waals surface area contributed by atoms with Crippen molar-refractivity contribution in [3.63, 3.8) is 0 Å². The first-order chi connectivity index (χ1) is 13.7. The van der Waals surface area contributed by atoms with Crippen molar-refractivity contribution in [1.82, 2.24) is 10.2 Å². The van der Waals surface area contributed by atoms with E-state index in [4.69, 9.17) is 0 Å². The Morgan fingerprint density at radius 3 is 1.79 bits per heavy atom. The van der Waals surface area contributed by atoms with Crippen molar-refractivity contribution in [2.75, 3.05) is 12.3 Å². The van der Waals surface area contributed by atoms with Crippen LogP contribution in [0.2, 0.25) is 0 Å². The van der Waals surface area contributed by atoms with Crippen LogP contribution < -0.4 is 5.32 Å². The van der Waals surface area contributed by atoms with Crippen molar-refractivity contribution in [2.24, 2.45) is 0 Å². The minimum absolute atomic E-state index is 0.233. The molecule has 4 rings (SSSR count). The first-order valence-electron chi connectivity index (χ1n) is 9.15. The number of benzene rings is 3. The Morgan fingerprint density at radius 1 is 0.750 bits per heavy atom. The minimum Gasteiger partial charge on any atom is -0.315 e. The lowest BCUT2D eigenvalue weighted by Crippen LogP contribution is -2.45. The highest BCUT2D eigenvalue weighted by Gasteiger charge is 2.53. The van der Waals surface area contributed by atoms with Gasteiger partial charge in [-0.15, -0.1) is 11.8 Å². The summed E-state index contributed by atoms with van der Waals surface area (Å²) in [5.74, 6) is 0.409. The summed E-state index contributed by atoms with van der Waals surface area (Å²) in [7, 11) is 0. The van der Waals surface area contributed by atoms with E-state index in [2.05, 4.69) is 5.32 Å². The van der Waals surface area contributed by atoms with Crippen molar-refractivity contribution in [1.29, 1.82) is 0 Å². The molecule has 1 N–H and O–H groups in total. The molecule has 1 fully saturated rings. The average molecular weight is 388 g/mol. The van der Waals surface area contributed by atoms with E-state index in [1.165, 1.54) is 4.90 Å². The van der Waals surface area contributed by atoms with E-state index >= 15 is 0 Å². The Bertz CT molecular complexity index is 922. The van der Waals surface area contributed by atoms with Crippen LogP contribution in [0.5, 0.6) is 0 Å². The molecule has 0 aliphatic carbocycles. The number of nitrogens with zero attached hydrogens (tertiary/aromatic N) is 1. The van der Waals surface area contributed by atoms with Crippen LogP contribution in [0.3, 0.4) is 0 Å². The summed E-state index contributed by atoms with van der Waals surface area (Å²) in [5, 5.41) is 2.98. The Balaban J connectivity index is 1.62. The molecule has 3 amide bonds. The Morgan fingerprint density at radius 2 is 1.25 bits per heavy atom. The molecule has 0 unspecified atom stereocenters. The van der Waals surface area contributed by atoms with Gasteiger partial charge in [0, 0.05) is 17.2 Å². The maximum atomic E-state index is 13.5. The average Bonchev–Trinajstić information content (AvgIpc) is 3.01. The van der Waals surface area contributed by atoms with Gasteiger partial charge in [-0.2, -0.15) is 0 Å². The van der Waals surface area contributed by atoms with Crippen molar-refractivity contribution < 1.29 is 9.59 Å². The highest BCUT2D eigenvalue weighted by Crippen LogP contribution is 2.36. The lowest BCUT2D eigenvalue weighted by molar-refractivity contribution is -0.130. The number of imide groups is 1. The van der Waals surface area contributed by atoms with Crippen LogP contribution in [0.25, 0.3) is 0 Å². The normalized spacial score (nSPS) is 15.5. The Labute approximate surface area is 168 Å². The summed E-state index contributed by atoms with van der Waals surface area (Å²) >= 11 is 1.63. The monoisotopic (exact) mass is 388 g/mol. The molecule has 5 heteroatoms. The van der Waals surface area contributed by atoms with Crippen molar-refractivity contribution >= 4 is 23.7 Å². The van der Waals surface area contributed by atoms with Crippen LogP contribution >= 0.6 is 11.8 Å². The lowest BCUT2D eigenvalue weighted by Gasteiger charge is -2.28. The zero-order valence-corrected chi connectivity index (χ0v) is 16.1. The molecule has 4 nitrogen and oxygen atoms in total. The van der Waals surface area contributed by atoms with Gasteiger partial charge in [-0.25, -0.2) is 4.79 Å². The first kappa shape index (κ1) is 18.3. The number of hydrogen-bond acceptors (Lipinski definition) is 3. The smallest absolute Gasteiger partial charge is 0.315 e. The molecule has 1 heterocycles. The second-order valence-corrected chi connectivity index (χ2v) is 7.70. The zero-order valence-electron chi connectivity index (χ0n) is 15.2. The lowest BCUT2D eigenvalue weighted by atomic mass is 9.82. The number of rotatable bonds is 6. The molecule has 0 saturated carbocycles. The van der Waals surface area contributed by atoms with E-state index in [0.29, 0.717) is 12.3 Å². The standard InChI is InChI=1S/C23H20N2O2S/c26-21-23(18-10-4-1-5-11-18,19-12-6-2-7-13-19)24-22(27)25(21)16-17-28-20-14-8-3-9-15-20/h1-15H,16-17H2,(H,24,27). The van der Waals surface area contributed by atoms with Crippen LogP contribution in [0.4, 0.5) is 4.79 Å². The Hall–Kier alpha value is -3.05. The molecule has 28 heavy (non-hydrogen) atoms. The summed E-state index contributed by atoms with van der Waals surface area (Å²) in [6.45, 7) is 0.353. The fraction of sp³-hybridized carbons (Fsp3) is 0.130. The fourth-order valence-electron chi connectivity index (χ4n) is 3.48. The fourth-order valence-corrected chi connectivity index (χ4v) is 4.34. The van der Waals surface area contributed by atoms with Crippen LogP contribution in [-0.2, 0) is 10.3 Å². The molecule has 0 atom stereocenters. The summed E-state index contributed by atoms with van der Waals surface area (Å²) in [4.78, 5) is 28.7. The largest absolute Gasteiger partial charge is 0.325 e. The van der Waals surface area contributed by atoms with Crippen molar-refractivity contribution in [3.05, 3.63) is 102 Å². The third-order valence-electron chi connectivity index (χ3n) is 4.85. The van der Waals surface area contributed by atoms with Crippen LogP contribution in [0.1, 0.15) is 11.1 Å². The number of amides is 3. The summed E-state index contributed by atoms with van der Waals surface area (Å²) in [5.41, 5.74) is 0.340. The molecule has 0 bridgehead atoms. The van der Waals surface area contributed by atoms with Gasteiger partial charge < -0.3 is 5.32 Å². The van der Waals surface area contributed by atoms with Crippen molar-refractivity contribution in [2.45, 2.75) is 10.4 Å². The van der Waals surface area contributed by atoms with Crippen LogP contribution in [-0.4, -0.2) is 29.1 Å². The van der Waals surface area contributed by atoms with Gasteiger partial charge >= 0.3 is 6.03 Å². The first-order valence-corrected chi connectivity index (χ1v) is 10.1. The molecule has 0 radical (unpaired) electrons. The van der Waals surface area contributed by atoms with E-state index in [1.807, 2.05) is 91.0 Å². The molecule has 1 aliphatic rings. The zero-order chi connectivity index (χ0) is 19.4. The number of urea groups is 1. The minimum atomic E-state index is -1.18. The van der Waals surface area contributed by atoms with Crippen LogP contribution in [0.15, 0.2) is 95.9 Å². The highest BCUT2D eigenvalue weighted by molar-refractivity contribution is 7.99.